The van der Waals surface area contributed by atoms with Crippen LogP contribution in [-0.4, -0.2) is 55.4 Å². The molecule has 0 radical (unpaired) electrons. The van der Waals surface area contributed by atoms with E-state index in [4.69, 9.17) is 38.3 Å². The quantitative estimate of drug-likeness (QED) is 0.226. The standard InChI is InChI=1S/C25H25Cl2N9O3/c26-18-7-6-17(20(27)12-18)15-38-19-8-4-16(5-9-19)13-29-31-25(37)22-21(14-35-10-2-1-3-11-35)36(34-30-22)24-23(28)32-39-33-24/h4-9,12-13H,1-3,10-11,14-15H2,(H2,28,32)(H,31,37). The Morgan fingerprint density at radius 1 is 1.13 bits per heavy atom. The van der Waals surface area contributed by atoms with Crippen molar-refractivity contribution < 1.29 is 14.2 Å². The van der Waals surface area contributed by atoms with Gasteiger partial charge in [-0.2, -0.15) is 9.78 Å². The molecule has 2 aromatic carbocycles. The molecule has 3 N–H and O–H groups in total. The van der Waals surface area contributed by atoms with Crippen LogP contribution in [-0.2, 0) is 13.2 Å². The number of hydrazone groups is 1. The van der Waals surface area contributed by atoms with Crippen LogP contribution in [0.15, 0.2) is 52.2 Å². The lowest BCUT2D eigenvalue weighted by molar-refractivity contribution is 0.0947. The van der Waals surface area contributed by atoms with Crippen LogP contribution >= 0.6 is 23.2 Å². The van der Waals surface area contributed by atoms with Crippen molar-refractivity contribution in [2.45, 2.75) is 32.4 Å². The lowest BCUT2D eigenvalue weighted by Gasteiger charge is -2.26. The molecular weight excluding hydrogens is 545 g/mol. The lowest BCUT2D eigenvalue weighted by atomic mass is 10.1. The van der Waals surface area contributed by atoms with E-state index in [1.54, 1.807) is 24.3 Å². The maximum absolute atomic E-state index is 13.0. The number of carbonyl (C=O) groups excluding carboxylic acids is 1. The van der Waals surface area contributed by atoms with Crippen LogP contribution in [0.5, 0.6) is 5.75 Å². The Balaban J connectivity index is 1.23. The summed E-state index contributed by atoms with van der Waals surface area (Å²) in [6, 6.07) is 12.5. The predicted octanol–water partition coefficient (Wildman–Crippen LogP) is 3.87. The van der Waals surface area contributed by atoms with Gasteiger partial charge in [-0.25, -0.2) is 10.1 Å². The molecule has 0 saturated carbocycles. The smallest absolute Gasteiger partial charge is 0.293 e. The monoisotopic (exact) mass is 569 g/mol. The number of ether oxygens (including phenoxy) is 1. The van der Waals surface area contributed by atoms with Gasteiger partial charge in [0.1, 0.15) is 12.4 Å². The summed E-state index contributed by atoms with van der Waals surface area (Å²) < 4.78 is 11.9. The SMILES string of the molecule is Nc1nonc1-n1nnc(C(=O)NN=Cc2ccc(OCc3ccc(Cl)cc3Cl)cc2)c1CN1CCCCC1. The molecule has 202 valence electrons. The van der Waals surface area contributed by atoms with Crippen molar-refractivity contribution in [3.8, 4) is 11.6 Å². The number of halogens is 2. The second-order valence-corrected chi connectivity index (χ2v) is 9.74. The van der Waals surface area contributed by atoms with Crippen LogP contribution in [0.1, 0.15) is 46.6 Å². The number of carbonyl (C=O) groups is 1. The molecule has 4 aromatic rings. The predicted molar refractivity (Wildman–Crippen MR) is 145 cm³/mol. The fraction of sp³-hybridized carbons (Fsp3) is 0.280. The number of hydrogen-bond donors (Lipinski definition) is 2. The summed E-state index contributed by atoms with van der Waals surface area (Å²) in [5, 5.41) is 20.8. The molecule has 3 heterocycles. The first-order chi connectivity index (χ1) is 19.0. The van der Waals surface area contributed by atoms with Crippen LogP contribution in [0.3, 0.4) is 0 Å². The van der Waals surface area contributed by atoms with E-state index in [0.29, 0.717) is 34.6 Å². The lowest BCUT2D eigenvalue weighted by Crippen LogP contribution is -2.31. The van der Waals surface area contributed by atoms with Gasteiger partial charge in [-0.05, 0) is 78.2 Å². The number of nitrogens with one attached hydrogen (secondary N) is 1. The van der Waals surface area contributed by atoms with Gasteiger partial charge in [-0.3, -0.25) is 9.69 Å². The number of nitrogens with two attached hydrogens (primary N) is 1. The van der Waals surface area contributed by atoms with Crippen LogP contribution in [0, 0.1) is 0 Å². The van der Waals surface area contributed by atoms with E-state index < -0.39 is 5.91 Å². The zero-order valence-corrected chi connectivity index (χ0v) is 22.3. The van der Waals surface area contributed by atoms with E-state index >= 15 is 0 Å². The van der Waals surface area contributed by atoms with Gasteiger partial charge in [0.2, 0.25) is 11.6 Å². The number of piperidine rings is 1. The van der Waals surface area contributed by atoms with Gasteiger partial charge in [-0.1, -0.05) is 40.9 Å². The second-order valence-electron chi connectivity index (χ2n) is 8.90. The van der Waals surface area contributed by atoms with Crippen LogP contribution in [0.25, 0.3) is 5.82 Å². The highest BCUT2D eigenvalue weighted by atomic mass is 35.5. The summed E-state index contributed by atoms with van der Waals surface area (Å²) in [5.41, 5.74) is 10.6. The van der Waals surface area contributed by atoms with Crippen molar-refractivity contribution in [1.29, 1.82) is 0 Å². The number of nitrogen functional groups attached to an aromatic ring is 1. The number of rotatable bonds is 9. The third-order valence-corrected chi connectivity index (χ3v) is 6.75. The summed E-state index contributed by atoms with van der Waals surface area (Å²) in [6.45, 7) is 2.55. The maximum atomic E-state index is 13.0. The Bertz CT molecular complexity index is 1460. The molecular formula is C25H25Cl2N9O3. The van der Waals surface area contributed by atoms with E-state index in [9.17, 15) is 4.79 Å². The van der Waals surface area contributed by atoms with Gasteiger partial charge in [0.25, 0.3) is 5.91 Å². The van der Waals surface area contributed by atoms with Crippen molar-refractivity contribution in [2.75, 3.05) is 18.8 Å². The fourth-order valence-electron chi connectivity index (χ4n) is 4.13. The number of amides is 1. The highest BCUT2D eigenvalue weighted by molar-refractivity contribution is 6.35. The highest BCUT2D eigenvalue weighted by Crippen LogP contribution is 2.23. The molecule has 0 atom stereocenters. The molecule has 5 rings (SSSR count). The number of aromatic nitrogens is 5. The first kappa shape index (κ1) is 26.6. The normalized spacial score (nSPS) is 14.1. The van der Waals surface area contributed by atoms with Crippen molar-refractivity contribution in [3.63, 3.8) is 0 Å². The fourth-order valence-corrected chi connectivity index (χ4v) is 4.59. The van der Waals surface area contributed by atoms with Crippen molar-refractivity contribution >= 4 is 41.1 Å². The van der Waals surface area contributed by atoms with E-state index in [2.05, 4.69) is 36.1 Å². The first-order valence-electron chi connectivity index (χ1n) is 12.2. The number of hydrogen-bond acceptors (Lipinski definition) is 10. The third kappa shape index (κ3) is 6.53. The first-order valence-corrected chi connectivity index (χ1v) is 13.0. The molecule has 14 heteroatoms. The number of benzene rings is 2. The molecule has 2 aromatic heterocycles. The Morgan fingerprint density at radius 2 is 1.92 bits per heavy atom. The molecule has 0 unspecified atom stereocenters. The highest BCUT2D eigenvalue weighted by Gasteiger charge is 2.26. The van der Waals surface area contributed by atoms with Gasteiger partial charge < -0.3 is 10.5 Å². The summed E-state index contributed by atoms with van der Waals surface area (Å²) in [4.78, 5) is 15.2. The minimum atomic E-state index is -0.515. The van der Waals surface area contributed by atoms with Gasteiger partial charge in [0, 0.05) is 22.2 Å². The minimum absolute atomic E-state index is 0.0495. The Hall–Kier alpha value is -4.00. The second kappa shape index (κ2) is 12.2. The van der Waals surface area contributed by atoms with Gasteiger partial charge >= 0.3 is 0 Å². The summed E-state index contributed by atoms with van der Waals surface area (Å²) in [6.07, 6.45) is 4.87. The minimum Gasteiger partial charge on any atom is -0.489 e. The average Bonchev–Trinajstić information content (AvgIpc) is 3.55. The summed E-state index contributed by atoms with van der Waals surface area (Å²) >= 11 is 12.1. The van der Waals surface area contributed by atoms with Gasteiger partial charge in [0.15, 0.2) is 5.69 Å². The maximum Gasteiger partial charge on any atom is 0.293 e. The molecule has 1 saturated heterocycles. The van der Waals surface area contributed by atoms with Gasteiger partial charge in [-0.15, -0.1) is 5.10 Å². The van der Waals surface area contributed by atoms with Crippen molar-refractivity contribution in [3.05, 3.63) is 75.0 Å². The molecule has 0 spiro atoms. The van der Waals surface area contributed by atoms with Gasteiger partial charge in [0.05, 0.1) is 11.9 Å². The van der Waals surface area contributed by atoms with E-state index in [1.807, 2.05) is 18.2 Å². The molecule has 1 aliphatic heterocycles. The Labute approximate surface area is 233 Å². The molecule has 1 fully saturated rings. The zero-order valence-electron chi connectivity index (χ0n) is 20.8. The Kier molecular flexibility index (Phi) is 8.35. The van der Waals surface area contributed by atoms with Crippen molar-refractivity contribution in [1.82, 2.24) is 35.6 Å². The largest absolute Gasteiger partial charge is 0.489 e. The van der Waals surface area contributed by atoms with Crippen LogP contribution in [0.2, 0.25) is 10.0 Å². The van der Waals surface area contributed by atoms with Crippen LogP contribution < -0.4 is 15.9 Å². The molecule has 12 nitrogen and oxygen atoms in total. The number of likely N-dealkylation sites (tertiary alicyclic amines) is 1. The average molecular weight is 570 g/mol. The summed E-state index contributed by atoms with van der Waals surface area (Å²) in [7, 11) is 0. The van der Waals surface area contributed by atoms with Crippen molar-refractivity contribution in [2.24, 2.45) is 5.10 Å². The van der Waals surface area contributed by atoms with E-state index in [-0.39, 0.29) is 17.3 Å². The molecule has 1 amide bonds. The van der Waals surface area contributed by atoms with Crippen LogP contribution in [0.4, 0.5) is 5.82 Å². The third-order valence-electron chi connectivity index (χ3n) is 6.17. The Morgan fingerprint density at radius 3 is 2.64 bits per heavy atom. The number of nitrogens with zero attached hydrogens (tertiary/aromatic N) is 7. The molecule has 1 aliphatic rings. The topological polar surface area (TPSA) is 150 Å². The molecule has 39 heavy (non-hydrogen) atoms. The van der Waals surface area contributed by atoms with E-state index in [1.165, 1.54) is 17.3 Å². The molecule has 0 aliphatic carbocycles. The summed E-state index contributed by atoms with van der Waals surface area (Å²) in [5.74, 6) is 0.369. The molecule has 0 bridgehead atoms. The van der Waals surface area contributed by atoms with E-state index in [0.717, 1.165) is 37.1 Å². The zero-order chi connectivity index (χ0) is 27.2. The number of anilines is 1.